The highest BCUT2D eigenvalue weighted by Gasteiger charge is 2.02. The maximum atomic E-state index is 13.2. The van der Waals surface area contributed by atoms with Crippen molar-refractivity contribution >= 4 is 28.8 Å². The predicted octanol–water partition coefficient (Wildman–Crippen LogP) is 3.51. The van der Waals surface area contributed by atoms with Crippen LogP contribution in [0.3, 0.4) is 0 Å². The van der Waals surface area contributed by atoms with Gasteiger partial charge in [-0.1, -0.05) is 11.6 Å². The molecule has 3 nitrogen and oxygen atoms in total. The van der Waals surface area contributed by atoms with Gasteiger partial charge in [0.1, 0.15) is 16.8 Å². The van der Waals surface area contributed by atoms with Gasteiger partial charge in [-0.2, -0.15) is 0 Å². The molecule has 1 aromatic heterocycles. The molecule has 0 amide bonds. The minimum Gasteiger partial charge on any atom is -0.399 e. The summed E-state index contributed by atoms with van der Waals surface area (Å²) < 4.78 is 13.2. The van der Waals surface area contributed by atoms with Gasteiger partial charge in [-0.3, -0.25) is 0 Å². The van der Waals surface area contributed by atoms with Crippen LogP contribution in [0.4, 0.5) is 21.6 Å². The molecule has 1 aromatic carbocycles. The molecule has 3 N–H and O–H groups in total. The van der Waals surface area contributed by atoms with E-state index in [-0.39, 0.29) is 5.82 Å². The van der Waals surface area contributed by atoms with Crippen LogP contribution in [-0.2, 0) is 0 Å². The number of pyridine rings is 1. The van der Waals surface area contributed by atoms with Crippen LogP contribution >= 0.6 is 11.6 Å². The molecule has 0 aliphatic rings. The van der Waals surface area contributed by atoms with Crippen LogP contribution in [-0.4, -0.2) is 4.98 Å². The second-order valence-electron chi connectivity index (χ2n) is 3.75. The Morgan fingerprint density at radius 3 is 2.65 bits per heavy atom. The summed E-state index contributed by atoms with van der Waals surface area (Å²) in [6, 6.07) is 7.81. The molecule has 0 fully saturated rings. The molecule has 0 saturated carbocycles. The first kappa shape index (κ1) is 11.7. The van der Waals surface area contributed by atoms with Gasteiger partial charge in [-0.05, 0) is 36.8 Å². The largest absolute Gasteiger partial charge is 0.399 e. The Balaban J connectivity index is 2.31. The normalized spacial score (nSPS) is 10.3. The maximum Gasteiger partial charge on any atom is 0.134 e. The molecule has 0 radical (unpaired) electrons. The zero-order valence-electron chi connectivity index (χ0n) is 9.17. The van der Waals surface area contributed by atoms with Crippen LogP contribution in [0.15, 0.2) is 30.3 Å². The van der Waals surface area contributed by atoms with Crippen molar-refractivity contribution in [2.45, 2.75) is 6.92 Å². The standard InChI is InChI=1S/C12H11ClFN3/c1-7-2-8(14)4-10(3-7)16-12-6-9(15)5-11(13)17-12/h2-6H,1H3,(H3,15,16,17). The van der Waals surface area contributed by atoms with Crippen LogP contribution in [0.5, 0.6) is 0 Å². The van der Waals surface area contributed by atoms with E-state index in [2.05, 4.69) is 10.3 Å². The molecular weight excluding hydrogens is 241 g/mol. The number of aryl methyl sites for hydroxylation is 1. The van der Waals surface area contributed by atoms with E-state index in [0.717, 1.165) is 5.56 Å². The lowest BCUT2D eigenvalue weighted by Crippen LogP contribution is -1.97. The summed E-state index contributed by atoms with van der Waals surface area (Å²) in [7, 11) is 0. The molecule has 0 aliphatic heterocycles. The number of nitrogens with zero attached hydrogens (tertiary/aromatic N) is 1. The van der Waals surface area contributed by atoms with Crippen LogP contribution in [0.25, 0.3) is 0 Å². The zero-order chi connectivity index (χ0) is 12.4. The van der Waals surface area contributed by atoms with E-state index in [1.165, 1.54) is 12.1 Å². The highest BCUT2D eigenvalue weighted by atomic mass is 35.5. The number of nitrogens with two attached hydrogens (primary N) is 1. The highest BCUT2D eigenvalue weighted by Crippen LogP contribution is 2.21. The second-order valence-corrected chi connectivity index (χ2v) is 4.14. The Bertz CT molecular complexity index is 467. The van der Waals surface area contributed by atoms with Gasteiger partial charge in [0.2, 0.25) is 0 Å². The lowest BCUT2D eigenvalue weighted by atomic mass is 10.2. The minimum atomic E-state index is -0.303. The van der Waals surface area contributed by atoms with Gasteiger partial charge in [0.05, 0.1) is 0 Å². The number of nitrogens with one attached hydrogen (secondary N) is 1. The van der Waals surface area contributed by atoms with E-state index < -0.39 is 0 Å². The Morgan fingerprint density at radius 1 is 1.24 bits per heavy atom. The Hall–Kier alpha value is -1.81. The topological polar surface area (TPSA) is 50.9 Å². The second kappa shape index (κ2) is 4.59. The molecule has 0 bridgehead atoms. The van der Waals surface area contributed by atoms with Crippen molar-refractivity contribution in [3.05, 3.63) is 46.9 Å². The summed E-state index contributed by atoms with van der Waals surface area (Å²) in [4.78, 5) is 4.04. The van der Waals surface area contributed by atoms with Crippen molar-refractivity contribution < 1.29 is 4.39 Å². The average Bonchev–Trinajstić information content (AvgIpc) is 2.13. The van der Waals surface area contributed by atoms with Crippen LogP contribution in [0.1, 0.15) is 5.56 Å². The molecular formula is C12H11ClFN3. The number of nitrogen functional groups attached to an aromatic ring is 1. The monoisotopic (exact) mass is 251 g/mol. The van der Waals surface area contributed by atoms with Crippen molar-refractivity contribution in [2.75, 3.05) is 11.1 Å². The smallest absolute Gasteiger partial charge is 0.134 e. The fourth-order valence-electron chi connectivity index (χ4n) is 1.54. The Labute approximate surface area is 103 Å². The third-order valence-corrected chi connectivity index (χ3v) is 2.32. The van der Waals surface area contributed by atoms with Gasteiger partial charge in [0, 0.05) is 17.4 Å². The Kier molecular flexibility index (Phi) is 3.15. The number of aromatic nitrogens is 1. The fourth-order valence-corrected chi connectivity index (χ4v) is 1.75. The van der Waals surface area contributed by atoms with Crippen molar-refractivity contribution in [3.8, 4) is 0 Å². The van der Waals surface area contributed by atoms with Crippen molar-refractivity contribution in [1.82, 2.24) is 4.98 Å². The third kappa shape index (κ3) is 3.07. The van der Waals surface area contributed by atoms with E-state index in [0.29, 0.717) is 22.3 Å². The SMILES string of the molecule is Cc1cc(F)cc(Nc2cc(N)cc(Cl)n2)c1. The molecule has 0 saturated heterocycles. The van der Waals surface area contributed by atoms with Crippen LogP contribution < -0.4 is 11.1 Å². The van der Waals surface area contributed by atoms with Crippen molar-refractivity contribution in [3.63, 3.8) is 0 Å². The summed E-state index contributed by atoms with van der Waals surface area (Å²) in [6.45, 7) is 1.81. The first-order valence-corrected chi connectivity index (χ1v) is 5.38. The van der Waals surface area contributed by atoms with E-state index in [1.807, 2.05) is 13.0 Å². The van der Waals surface area contributed by atoms with Gasteiger partial charge in [0.15, 0.2) is 0 Å². The highest BCUT2D eigenvalue weighted by molar-refractivity contribution is 6.29. The third-order valence-electron chi connectivity index (χ3n) is 2.13. The molecule has 2 aromatic rings. The molecule has 88 valence electrons. The summed E-state index contributed by atoms with van der Waals surface area (Å²) in [5.41, 5.74) is 7.56. The first-order chi connectivity index (χ1) is 8.02. The van der Waals surface area contributed by atoms with E-state index >= 15 is 0 Å². The maximum absolute atomic E-state index is 13.2. The summed E-state index contributed by atoms with van der Waals surface area (Å²) in [6.07, 6.45) is 0. The van der Waals surface area contributed by atoms with Gasteiger partial charge in [0.25, 0.3) is 0 Å². The van der Waals surface area contributed by atoms with E-state index in [4.69, 9.17) is 17.3 Å². The van der Waals surface area contributed by atoms with Gasteiger partial charge in [-0.25, -0.2) is 9.37 Å². The molecule has 17 heavy (non-hydrogen) atoms. The van der Waals surface area contributed by atoms with Crippen molar-refractivity contribution in [1.29, 1.82) is 0 Å². The quantitative estimate of drug-likeness (QED) is 0.803. The zero-order valence-corrected chi connectivity index (χ0v) is 9.92. The van der Waals surface area contributed by atoms with E-state index in [9.17, 15) is 4.39 Å². The lowest BCUT2D eigenvalue weighted by Gasteiger charge is -2.08. The van der Waals surface area contributed by atoms with Gasteiger partial charge < -0.3 is 11.1 Å². The summed E-state index contributed by atoms with van der Waals surface area (Å²) in [5.74, 6) is 0.183. The van der Waals surface area contributed by atoms with E-state index in [1.54, 1.807) is 12.1 Å². The fraction of sp³-hybridized carbons (Fsp3) is 0.0833. The molecule has 0 spiro atoms. The van der Waals surface area contributed by atoms with Gasteiger partial charge >= 0.3 is 0 Å². The molecule has 0 unspecified atom stereocenters. The minimum absolute atomic E-state index is 0.292. The van der Waals surface area contributed by atoms with Gasteiger partial charge in [-0.15, -0.1) is 0 Å². The summed E-state index contributed by atoms with van der Waals surface area (Å²) >= 11 is 5.77. The number of anilines is 3. The van der Waals surface area contributed by atoms with Crippen molar-refractivity contribution in [2.24, 2.45) is 0 Å². The molecule has 1 heterocycles. The number of benzene rings is 1. The predicted molar refractivity (Wildman–Crippen MR) is 68.1 cm³/mol. The first-order valence-electron chi connectivity index (χ1n) is 5.00. The summed E-state index contributed by atoms with van der Waals surface area (Å²) in [5, 5.41) is 3.24. The van der Waals surface area contributed by atoms with Crippen LogP contribution in [0.2, 0.25) is 5.15 Å². The number of rotatable bonds is 2. The molecule has 0 atom stereocenters. The number of hydrogen-bond donors (Lipinski definition) is 2. The number of halogens is 2. The molecule has 2 rings (SSSR count). The Morgan fingerprint density at radius 2 is 2.00 bits per heavy atom. The van der Waals surface area contributed by atoms with Crippen LogP contribution in [0, 0.1) is 12.7 Å². The number of hydrogen-bond acceptors (Lipinski definition) is 3. The lowest BCUT2D eigenvalue weighted by molar-refractivity contribution is 0.627. The molecule has 0 aliphatic carbocycles. The average molecular weight is 252 g/mol. The molecule has 5 heteroatoms.